The summed E-state index contributed by atoms with van der Waals surface area (Å²) < 4.78 is 0. The SMILES string of the molecule is CN(C)[C@@H]1C(=O)C(C(N)=O)=C(O)[C@@]2(O)C(=O)C3=C(O)c4c(O)ccc(C=CCl)c4C[C@H]3C[C@@H]12. The van der Waals surface area contributed by atoms with Crippen molar-refractivity contribution >= 4 is 40.9 Å². The molecule has 4 rings (SSSR count). The molecule has 0 bridgehead atoms. The number of Topliss-reactive ketones (excluding diaryl/α,β-unsaturated/α-hetero) is 2. The maximum absolute atomic E-state index is 13.7. The van der Waals surface area contributed by atoms with Crippen molar-refractivity contribution in [1.82, 2.24) is 4.90 Å². The standard InChI is InChI=1S/C23H23ClN2O7/c1-26(2)17-12-8-10-7-11-9(5-6-24)3-4-13(27)15(11)18(28)14(10)20(30)23(12,33)21(31)16(19(17)29)22(25)32/h3-6,10,12,17,27-28,31,33H,7-8H2,1-2H3,(H2,25,32)/t10-,12-,17-,23-/m0/s1. The van der Waals surface area contributed by atoms with Crippen LogP contribution in [0.4, 0.5) is 0 Å². The van der Waals surface area contributed by atoms with Crippen molar-refractivity contribution < 1.29 is 34.8 Å². The highest BCUT2D eigenvalue weighted by Crippen LogP contribution is 2.52. The van der Waals surface area contributed by atoms with Gasteiger partial charge in [0.15, 0.2) is 11.4 Å². The van der Waals surface area contributed by atoms with Crippen molar-refractivity contribution in [1.29, 1.82) is 0 Å². The number of fused-ring (bicyclic) bond motifs is 3. The van der Waals surface area contributed by atoms with Gasteiger partial charge in [-0.3, -0.25) is 19.3 Å². The summed E-state index contributed by atoms with van der Waals surface area (Å²) in [7, 11) is 3.10. The second-order valence-electron chi connectivity index (χ2n) is 8.78. The summed E-state index contributed by atoms with van der Waals surface area (Å²) in [5.41, 5.74) is 4.11. The predicted molar refractivity (Wildman–Crippen MR) is 119 cm³/mol. The van der Waals surface area contributed by atoms with Gasteiger partial charge in [-0.2, -0.15) is 0 Å². The Hall–Kier alpha value is -3.14. The van der Waals surface area contributed by atoms with Gasteiger partial charge >= 0.3 is 0 Å². The lowest BCUT2D eigenvalue weighted by atomic mass is 9.57. The number of carbonyl (C=O) groups is 3. The molecule has 1 fully saturated rings. The first-order valence-corrected chi connectivity index (χ1v) is 10.7. The summed E-state index contributed by atoms with van der Waals surface area (Å²) in [6.07, 6.45) is 1.82. The van der Waals surface area contributed by atoms with E-state index in [1.54, 1.807) is 26.2 Å². The number of hydrogen-bond acceptors (Lipinski definition) is 8. The van der Waals surface area contributed by atoms with E-state index in [0.717, 1.165) is 0 Å². The number of phenolic OH excluding ortho intramolecular Hbond substituents is 1. The van der Waals surface area contributed by atoms with Gasteiger partial charge < -0.3 is 26.2 Å². The topological polar surface area (TPSA) is 161 Å². The Morgan fingerprint density at radius 2 is 1.91 bits per heavy atom. The van der Waals surface area contributed by atoms with Crippen molar-refractivity contribution in [2.45, 2.75) is 24.5 Å². The van der Waals surface area contributed by atoms with Crippen LogP contribution in [0.1, 0.15) is 23.1 Å². The number of aliphatic hydroxyl groups is 3. The fourth-order valence-corrected chi connectivity index (χ4v) is 5.63. The number of aliphatic hydroxyl groups excluding tert-OH is 2. The van der Waals surface area contributed by atoms with Gasteiger partial charge in [0.2, 0.25) is 5.78 Å². The van der Waals surface area contributed by atoms with E-state index in [9.17, 15) is 34.8 Å². The molecule has 33 heavy (non-hydrogen) atoms. The first kappa shape index (κ1) is 23.0. The zero-order chi connectivity index (χ0) is 24.4. The third-order valence-electron chi connectivity index (χ3n) is 6.88. The molecule has 1 amide bonds. The van der Waals surface area contributed by atoms with Gasteiger partial charge in [0, 0.05) is 17.0 Å². The Kier molecular flexibility index (Phi) is 5.39. The lowest BCUT2D eigenvalue weighted by Gasteiger charge is -2.50. The molecule has 1 aromatic carbocycles. The fraction of sp³-hybridized carbons (Fsp3) is 0.348. The Bertz CT molecular complexity index is 1200. The molecule has 1 aromatic rings. The molecule has 0 aliphatic heterocycles. The highest BCUT2D eigenvalue weighted by Gasteiger charge is 2.64. The highest BCUT2D eigenvalue weighted by molar-refractivity contribution is 6.27. The summed E-state index contributed by atoms with van der Waals surface area (Å²) in [6.45, 7) is 0. The Morgan fingerprint density at radius 1 is 1.24 bits per heavy atom. The van der Waals surface area contributed by atoms with E-state index in [1.165, 1.54) is 16.5 Å². The summed E-state index contributed by atoms with van der Waals surface area (Å²) in [5, 5.41) is 43.8. The molecule has 0 heterocycles. The van der Waals surface area contributed by atoms with Crippen LogP contribution in [-0.4, -0.2) is 68.5 Å². The van der Waals surface area contributed by atoms with E-state index in [4.69, 9.17) is 17.3 Å². The van der Waals surface area contributed by atoms with Crippen LogP contribution in [0.25, 0.3) is 11.8 Å². The molecular formula is C23H23ClN2O7. The minimum Gasteiger partial charge on any atom is -0.508 e. The lowest BCUT2D eigenvalue weighted by molar-refractivity contribution is -0.153. The second kappa shape index (κ2) is 7.72. The van der Waals surface area contributed by atoms with Gasteiger partial charge in [0.1, 0.15) is 22.8 Å². The van der Waals surface area contributed by atoms with Crippen LogP contribution in [-0.2, 0) is 20.8 Å². The summed E-state index contributed by atoms with van der Waals surface area (Å²) in [6, 6.07) is 1.85. The largest absolute Gasteiger partial charge is 0.508 e. The maximum atomic E-state index is 13.7. The number of hydrogen-bond donors (Lipinski definition) is 5. The van der Waals surface area contributed by atoms with Crippen LogP contribution in [0.15, 0.2) is 34.6 Å². The lowest BCUT2D eigenvalue weighted by Crippen LogP contribution is -2.65. The van der Waals surface area contributed by atoms with Gasteiger partial charge in [-0.25, -0.2) is 0 Å². The minimum absolute atomic E-state index is 0.0264. The van der Waals surface area contributed by atoms with E-state index in [1.807, 2.05) is 0 Å². The number of nitrogens with two attached hydrogens (primary N) is 1. The molecule has 0 aromatic heterocycles. The normalized spacial score (nSPS) is 29.4. The van der Waals surface area contributed by atoms with Gasteiger partial charge in [-0.05, 0) is 56.1 Å². The molecule has 9 nitrogen and oxygen atoms in total. The Labute approximate surface area is 194 Å². The molecule has 6 N–H and O–H groups in total. The van der Waals surface area contributed by atoms with Crippen LogP contribution >= 0.6 is 11.6 Å². The number of phenols is 1. The van der Waals surface area contributed by atoms with Gasteiger partial charge in [0.25, 0.3) is 5.91 Å². The third kappa shape index (κ3) is 3.03. The minimum atomic E-state index is -2.65. The molecule has 174 valence electrons. The average Bonchev–Trinajstić information content (AvgIpc) is 2.72. The van der Waals surface area contributed by atoms with E-state index in [2.05, 4.69) is 0 Å². The molecule has 3 aliphatic carbocycles. The quantitative estimate of drug-likeness (QED) is 0.408. The van der Waals surface area contributed by atoms with Gasteiger partial charge in [-0.1, -0.05) is 17.7 Å². The molecule has 0 radical (unpaired) electrons. The van der Waals surface area contributed by atoms with Crippen LogP contribution in [0.5, 0.6) is 5.75 Å². The number of likely N-dealkylation sites (N-methyl/N-ethyl adjacent to an activating group) is 1. The Balaban J connectivity index is 1.99. The van der Waals surface area contributed by atoms with Gasteiger partial charge in [0.05, 0.1) is 11.6 Å². The molecule has 0 saturated heterocycles. The number of carbonyl (C=O) groups excluding carboxylic acids is 3. The molecular weight excluding hydrogens is 452 g/mol. The smallest absolute Gasteiger partial charge is 0.255 e. The van der Waals surface area contributed by atoms with E-state index >= 15 is 0 Å². The third-order valence-corrected chi connectivity index (χ3v) is 7.01. The van der Waals surface area contributed by atoms with Crippen molar-refractivity contribution in [2.75, 3.05) is 14.1 Å². The molecule has 4 atom stereocenters. The zero-order valence-corrected chi connectivity index (χ0v) is 18.6. The number of aromatic hydroxyl groups is 1. The van der Waals surface area contributed by atoms with Gasteiger partial charge in [-0.15, -0.1) is 0 Å². The average molecular weight is 475 g/mol. The Morgan fingerprint density at radius 3 is 2.48 bits per heavy atom. The van der Waals surface area contributed by atoms with Crippen molar-refractivity contribution in [3.63, 3.8) is 0 Å². The molecule has 10 heteroatoms. The van der Waals surface area contributed by atoms with E-state index in [-0.39, 0.29) is 29.7 Å². The van der Waals surface area contributed by atoms with Crippen molar-refractivity contribution in [3.8, 4) is 5.75 Å². The van der Waals surface area contributed by atoms with Crippen LogP contribution in [0.2, 0.25) is 0 Å². The number of benzene rings is 1. The summed E-state index contributed by atoms with van der Waals surface area (Å²) in [5.74, 6) is -6.75. The van der Waals surface area contributed by atoms with E-state index in [0.29, 0.717) is 11.1 Å². The van der Waals surface area contributed by atoms with Crippen molar-refractivity contribution in [3.05, 3.63) is 51.3 Å². The first-order valence-electron chi connectivity index (χ1n) is 10.2. The van der Waals surface area contributed by atoms with E-state index < -0.39 is 58.0 Å². The fourth-order valence-electron chi connectivity index (χ4n) is 5.49. The zero-order valence-electron chi connectivity index (χ0n) is 17.9. The van der Waals surface area contributed by atoms with Crippen molar-refractivity contribution in [2.24, 2.45) is 17.6 Å². The number of halogens is 1. The second-order valence-corrected chi connectivity index (χ2v) is 9.03. The molecule has 0 spiro atoms. The summed E-state index contributed by atoms with van der Waals surface area (Å²) in [4.78, 5) is 40.1. The predicted octanol–water partition coefficient (Wildman–Crippen LogP) is 1.17. The number of ketones is 2. The van der Waals surface area contributed by atoms with Crippen LogP contribution in [0.3, 0.4) is 0 Å². The number of rotatable bonds is 3. The van der Waals surface area contributed by atoms with Crippen LogP contribution in [0, 0.1) is 11.8 Å². The molecule has 1 saturated carbocycles. The number of nitrogens with zero attached hydrogens (tertiary/aromatic N) is 1. The molecule has 3 aliphatic rings. The monoisotopic (exact) mass is 474 g/mol. The van der Waals surface area contributed by atoms with Crippen LogP contribution < -0.4 is 5.73 Å². The first-order chi connectivity index (χ1) is 15.5. The highest BCUT2D eigenvalue weighted by atomic mass is 35.5. The molecule has 0 unspecified atom stereocenters. The maximum Gasteiger partial charge on any atom is 0.255 e. The number of primary amides is 1. The number of amides is 1. The summed E-state index contributed by atoms with van der Waals surface area (Å²) >= 11 is 5.73.